The lowest BCUT2D eigenvalue weighted by Gasteiger charge is -2.25. The van der Waals surface area contributed by atoms with E-state index >= 15 is 0 Å². The molecule has 0 radical (unpaired) electrons. The number of aromatic amines is 3. The van der Waals surface area contributed by atoms with Crippen molar-refractivity contribution in [1.29, 1.82) is 0 Å². The predicted octanol–water partition coefficient (Wildman–Crippen LogP) is 7.06. The van der Waals surface area contributed by atoms with Gasteiger partial charge in [-0.1, -0.05) is 78.5 Å². The number of methoxy groups -OCH3 is 1. The molecule has 0 aromatic carbocycles. The standard InChI is InChI=1S/C50H66N4O6/c1-11-33-30(7)37-23-38-31(8)35(19-20-43(56)60-22-21-29(6)18-14-17-28(5)16-13-15-27(3)4)47(53-38)45-46(50(58)59-10)49(57)44-32(9)39(54-48(44)45)24-41-34(12-2)36(26-55)42(52-41)25-40(33)51-37/h11,21,23-28,31,35,46-47,51-55H,1,12-20,22H2,2-10H3/b29-21+,36-26+,38-23+,39-24-,42-25-/t28-,31-,35-,46+,47?/m0/s1. The summed E-state index contributed by atoms with van der Waals surface area (Å²) in [4.78, 5) is 52.0. The van der Waals surface area contributed by atoms with Crippen molar-refractivity contribution in [3.8, 4) is 0 Å². The average Bonchev–Trinajstić information content (AvgIpc) is 3.96. The fourth-order valence-corrected chi connectivity index (χ4v) is 9.70. The fraction of sp³-hybridized carbons (Fsp3) is 0.500. The van der Waals surface area contributed by atoms with Gasteiger partial charge in [-0.2, -0.15) is 0 Å². The number of allylic oxidation sites excluding steroid dienone is 2. The molecule has 1 aliphatic carbocycles. The summed E-state index contributed by atoms with van der Waals surface area (Å²) < 4.78 is 11.1. The van der Waals surface area contributed by atoms with Gasteiger partial charge in [0, 0.05) is 56.8 Å². The summed E-state index contributed by atoms with van der Waals surface area (Å²) in [5, 5.41) is 17.0. The van der Waals surface area contributed by atoms with E-state index in [1.807, 2.05) is 45.1 Å². The van der Waals surface area contributed by atoms with Crippen LogP contribution in [0.25, 0.3) is 36.1 Å². The number of fused-ring (bicyclic) bond motifs is 8. The number of aliphatic hydroxyl groups excluding tert-OH is 1. The zero-order valence-corrected chi connectivity index (χ0v) is 37.2. The number of hydrogen-bond acceptors (Lipinski definition) is 7. The Morgan fingerprint density at radius 3 is 2.37 bits per heavy atom. The van der Waals surface area contributed by atoms with Crippen molar-refractivity contribution in [3.05, 3.63) is 90.1 Å². The molecule has 1 fully saturated rings. The molecule has 3 aliphatic rings. The largest absolute Gasteiger partial charge is 0.515 e. The highest BCUT2D eigenvalue weighted by Crippen LogP contribution is 2.42. The van der Waals surface area contributed by atoms with E-state index in [2.05, 4.69) is 67.5 Å². The maximum atomic E-state index is 14.4. The second-order valence-corrected chi connectivity index (χ2v) is 17.8. The molecule has 60 heavy (non-hydrogen) atoms. The SMILES string of the molecule is C=Cc1c2[nH]c(c1C)/C=C1/NC(C3=c4[nH]/c(c(C)c4C(=O)[C@@H]3C(=O)OC)=C\c3[nH]c(/c(=C/O)c3CC)=C\2)[C@@H](CCC(=O)OC/C=C(\C)CCC[C@@H](C)CCCC(C)C)[C@@H]1C. The van der Waals surface area contributed by atoms with Gasteiger partial charge < -0.3 is 34.8 Å². The molecule has 2 aliphatic heterocycles. The highest BCUT2D eigenvalue weighted by atomic mass is 16.5. The third-order valence-electron chi connectivity index (χ3n) is 13.3. The van der Waals surface area contributed by atoms with Crippen molar-refractivity contribution in [1.82, 2.24) is 20.3 Å². The van der Waals surface area contributed by atoms with Crippen LogP contribution in [0.5, 0.6) is 0 Å². The quantitative estimate of drug-likeness (QED) is 0.0591. The third-order valence-corrected chi connectivity index (χ3v) is 13.3. The van der Waals surface area contributed by atoms with E-state index in [9.17, 15) is 19.5 Å². The highest BCUT2D eigenvalue weighted by molar-refractivity contribution is 6.19. The van der Waals surface area contributed by atoms with E-state index in [-0.39, 0.29) is 36.6 Å². The predicted molar refractivity (Wildman–Crippen MR) is 241 cm³/mol. The summed E-state index contributed by atoms with van der Waals surface area (Å²) in [6.07, 6.45) is 19.5. The number of hydrogen-bond donors (Lipinski definition) is 5. The van der Waals surface area contributed by atoms with Crippen LogP contribution >= 0.6 is 0 Å². The van der Waals surface area contributed by atoms with Crippen LogP contribution in [0.3, 0.4) is 0 Å². The van der Waals surface area contributed by atoms with Gasteiger partial charge >= 0.3 is 11.9 Å². The summed E-state index contributed by atoms with van der Waals surface area (Å²) in [6.45, 7) is 21.5. The van der Waals surface area contributed by atoms with Gasteiger partial charge in [-0.25, -0.2) is 0 Å². The zero-order chi connectivity index (χ0) is 43.4. The number of nitrogens with one attached hydrogen (secondary N) is 4. The summed E-state index contributed by atoms with van der Waals surface area (Å²) in [5.41, 5.74) is 9.30. The second kappa shape index (κ2) is 19.0. The molecule has 322 valence electrons. The molecule has 3 aromatic heterocycles. The smallest absolute Gasteiger partial charge is 0.320 e. The Hall–Kier alpha value is -5.25. The van der Waals surface area contributed by atoms with Gasteiger partial charge in [-0.3, -0.25) is 14.4 Å². The molecule has 5 N–H and O–H groups in total. The summed E-state index contributed by atoms with van der Waals surface area (Å²) in [5.74, 6) is -1.13. The normalized spacial score (nSPS) is 22.5. The number of aliphatic hydroxyl groups is 1. The number of ketones is 1. The Kier molecular flexibility index (Phi) is 14.0. The Morgan fingerprint density at radius 1 is 0.950 bits per heavy atom. The first kappa shape index (κ1) is 44.3. The molecular formula is C50H66N4O6. The fourth-order valence-electron chi connectivity index (χ4n) is 9.70. The van der Waals surface area contributed by atoms with Crippen LogP contribution in [0.4, 0.5) is 0 Å². The van der Waals surface area contributed by atoms with Crippen molar-refractivity contribution in [2.75, 3.05) is 13.7 Å². The van der Waals surface area contributed by atoms with Crippen molar-refractivity contribution in [3.63, 3.8) is 0 Å². The molecule has 0 amide bonds. The van der Waals surface area contributed by atoms with E-state index in [0.717, 1.165) is 86.7 Å². The van der Waals surface area contributed by atoms with Crippen LogP contribution in [-0.4, -0.2) is 57.5 Å². The van der Waals surface area contributed by atoms with Crippen LogP contribution in [0.15, 0.2) is 23.9 Å². The lowest BCUT2D eigenvalue weighted by atomic mass is 9.80. The lowest BCUT2D eigenvalue weighted by Crippen LogP contribution is -2.38. The molecule has 1 unspecified atom stereocenters. The average molecular weight is 819 g/mol. The molecule has 0 spiro atoms. The Morgan fingerprint density at radius 2 is 1.68 bits per heavy atom. The van der Waals surface area contributed by atoms with E-state index in [0.29, 0.717) is 34.5 Å². The van der Waals surface area contributed by atoms with E-state index < -0.39 is 17.9 Å². The van der Waals surface area contributed by atoms with Gasteiger partial charge in [0.05, 0.1) is 30.1 Å². The number of carbonyl (C=O) groups is 3. The van der Waals surface area contributed by atoms with Gasteiger partial charge in [-0.15, -0.1) is 0 Å². The van der Waals surface area contributed by atoms with Gasteiger partial charge in [0.25, 0.3) is 0 Å². The van der Waals surface area contributed by atoms with Gasteiger partial charge in [0.1, 0.15) is 12.5 Å². The van der Waals surface area contributed by atoms with Crippen molar-refractivity contribution in [2.24, 2.45) is 29.6 Å². The summed E-state index contributed by atoms with van der Waals surface area (Å²) in [6, 6.07) is -0.471. The van der Waals surface area contributed by atoms with Crippen molar-refractivity contribution in [2.45, 2.75) is 119 Å². The minimum Gasteiger partial charge on any atom is -0.515 e. The number of H-pyrrole nitrogens is 3. The molecule has 10 heteroatoms. The number of aromatic nitrogens is 3. The van der Waals surface area contributed by atoms with Gasteiger partial charge in [-0.05, 0) is 111 Å². The molecule has 8 bridgehead atoms. The maximum absolute atomic E-state index is 14.4. The van der Waals surface area contributed by atoms with Gasteiger partial charge in [0.15, 0.2) is 5.78 Å². The maximum Gasteiger partial charge on any atom is 0.320 e. The molecular weight excluding hydrogens is 753 g/mol. The number of carbonyl (C=O) groups excluding carboxylic acids is 3. The molecule has 6 rings (SSSR count). The molecule has 0 saturated carbocycles. The number of ether oxygens (including phenoxy) is 2. The number of rotatable bonds is 16. The summed E-state index contributed by atoms with van der Waals surface area (Å²) >= 11 is 0. The molecule has 5 atom stereocenters. The van der Waals surface area contributed by atoms with Crippen LogP contribution in [0.1, 0.15) is 143 Å². The number of Topliss-reactive ketones (excluding diaryl/α,β-unsaturated/α-hetero) is 1. The highest BCUT2D eigenvalue weighted by Gasteiger charge is 2.49. The topological polar surface area (TPSA) is 149 Å². The first-order valence-corrected chi connectivity index (χ1v) is 22.0. The zero-order valence-electron chi connectivity index (χ0n) is 37.2. The van der Waals surface area contributed by atoms with E-state index in [4.69, 9.17) is 9.47 Å². The summed E-state index contributed by atoms with van der Waals surface area (Å²) in [7, 11) is 1.31. The second-order valence-electron chi connectivity index (χ2n) is 17.8. The first-order chi connectivity index (χ1) is 28.7. The first-order valence-electron chi connectivity index (χ1n) is 22.0. The monoisotopic (exact) mass is 818 g/mol. The third kappa shape index (κ3) is 8.93. The number of esters is 2. The van der Waals surface area contributed by atoms with Crippen LogP contribution in [0.2, 0.25) is 0 Å². The van der Waals surface area contributed by atoms with Crippen LogP contribution in [-0.2, 0) is 25.5 Å². The van der Waals surface area contributed by atoms with Gasteiger partial charge in [0.2, 0.25) is 0 Å². The van der Waals surface area contributed by atoms with Crippen molar-refractivity contribution < 1.29 is 29.0 Å². The Bertz CT molecular complexity index is 2450. The molecule has 5 heterocycles. The molecule has 10 nitrogen and oxygen atoms in total. The van der Waals surface area contributed by atoms with E-state index in [1.54, 1.807) is 0 Å². The van der Waals surface area contributed by atoms with Crippen LogP contribution < -0.4 is 26.6 Å². The van der Waals surface area contributed by atoms with Crippen molar-refractivity contribution >= 4 is 53.9 Å². The minimum atomic E-state index is -1.14. The van der Waals surface area contributed by atoms with E-state index in [1.165, 1.54) is 38.4 Å². The Labute approximate surface area is 354 Å². The Balaban J connectivity index is 1.34. The molecule has 3 aromatic rings. The lowest BCUT2D eigenvalue weighted by molar-refractivity contribution is -0.143. The minimum absolute atomic E-state index is 0.0870. The molecule has 1 saturated heterocycles. The van der Waals surface area contributed by atoms with Crippen LogP contribution in [0, 0.1) is 43.4 Å².